The van der Waals surface area contributed by atoms with Gasteiger partial charge in [-0.1, -0.05) is 24.3 Å². The first-order valence-electron chi connectivity index (χ1n) is 9.26. The van der Waals surface area contributed by atoms with Gasteiger partial charge in [0.1, 0.15) is 23.8 Å². The fourth-order valence-corrected chi connectivity index (χ4v) is 3.46. The van der Waals surface area contributed by atoms with Crippen LogP contribution in [-0.4, -0.2) is 21.5 Å². The van der Waals surface area contributed by atoms with Crippen LogP contribution in [0, 0.1) is 19.7 Å². The number of fused-ring (bicyclic) bond motifs is 1. The van der Waals surface area contributed by atoms with Gasteiger partial charge in [-0.05, 0) is 49.6 Å². The molecule has 28 heavy (non-hydrogen) atoms. The molecule has 2 aromatic carbocycles. The first kappa shape index (κ1) is 18.0. The number of nitrogens with zero attached hydrogens (tertiary/aromatic N) is 2. The summed E-state index contributed by atoms with van der Waals surface area (Å²) in [5.41, 5.74) is 4.77. The molecule has 0 saturated heterocycles. The van der Waals surface area contributed by atoms with Gasteiger partial charge in [0.15, 0.2) is 0 Å². The molecule has 0 spiro atoms. The highest BCUT2D eigenvalue weighted by molar-refractivity contribution is 5.88. The van der Waals surface area contributed by atoms with E-state index in [1.807, 2.05) is 56.3 Å². The van der Waals surface area contributed by atoms with Crippen LogP contribution >= 0.6 is 0 Å². The Bertz CT molecular complexity index is 1100. The van der Waals surface area contributed by atoms with Crippen LogP contribution in [0.25, 0.3) is 10.9 Å². The fraction of sp³-hybridized carbons (Fsp3) is 0.182. The first-order chi connectivity index (χ1) is 13.6. The zero-order valence-electron chi connectivity index (χ0n) is 15.9. The minimum atomic E-state index is -0.213. The van der Waals surface area contributed by atoms with Crippen molar-refractivity contribution < 1.29 is 4.39 Å². The van der Waals surface area contributed by atoms with Crippen molar-refractivity contribution >= 4 is 28.2 Å². The number of aromatic nitrogens is 3. The van der Waals surface area contributed by atoms with E-state index in [1.165, 1.54) is 12.4 Å². The van der Waals surface area contributed by atoms with Crippen molar-refractivity contribution in [1.29, 1.82) is 0 Å². The number of hydrogen-bond acceptors (Lipinski definition) is 4. The summed E-state index contributed by atoms with van der Waals surface area (Å²) in [6.45, 7) is 4.68. The molecule has 142 valence electrons. The molecule has 0 aliphatic rings. The van der Waals surface area contributed by atoms with E-state index < -0.39 is 0 Å². The summed E-state index contributed by atoms with van der Waals surface area (Å²) in [6.07, 6.45) is 2.30. The fourth-order valence-electron chi connectivity index (χ4n) is 3.46. The van der Waals surface area contributed by atoms with Gasteiger partial charge in [0, 0.05) is 29.4 Å². The van der Waals surface area contributed by atoms with Crippen molar-refractivity contribution in [3.8, 4) is 0 Å². The Labute approximate surface area is 163 Å². The van der Waals surface area contributed by atoms with Crippen molar-refractivity contribution in [3.05, 3.63) is 77.5 Å². The number of nitrogens with one attached hydrogen (secondary N) is 3. The van der Waals surface area contributed by atoms with Gasteiger partial charge in [-0.3, -0.25) is 0 Å². The van der Waals surface area contributed by atoms with Gasteiger partial charge >= 0.3 is 0 Å². The molecule has 0 aliphatic heterocycles. The van der Waals surface area contributed by atoms with E-state index >= 15 is 0 Å². The van der Waals surface area contributed by atoms with Crippen LogP contribution in [0.3, 0.4) is 0 Å². The van der Waals surface area contributed by atoms with Crippen LogP contribution in [0.15, 0.2) is 54.9 Å². The normalized spacial score (nSPS) is 11.0. The predicted molar refractivity (Wildman–Crippen MR) is 112 cm³/mol. The van der Waals surface area contributed by atoms with E-state index in [0.717, 1.165) is 46.0 Å². The minimum Gasteiger partial charge on any atom is -0.370 e. The molecule has 2 aromatic heterocycles. The minimum absolute atomic E-state index is 0.213. The highest BCUT2D eigenvalue weighted by Gasteiger charge is 2.13. The molecule has 0 fully saturated rings. The Morgan fingerprint density at radius 3 is 2.61 bits per heavy atom. The second-order valence-electron chi connectivity index (χ2n) is 6.80. The molecule has 0 atom stereocenters. The monoisotopic (exact) mass is 375 g/mol. The Morgan fingerprint density at radius 1 is 1.00 bits per heavy atom. The number of hydrogen-bond donors (Lipinski definition) is 3. The van der Waals surface area contributed by atoms with E-state index in [-0.39, 0.29) is 5.82 Å². The SMILES string of the molecule is Cc1[nH]c2c(F)ccc(C)c2c1CCNc1cc(Nc2ccccc2)ncn1. The lowest BCUT2D eigenvalue weighted by Gasteiger charge is -2.09. The lowest BCUT2D eigenvalue weighted by atomic mass is 10.0. The Morgan fingerprint density at radius 2 is 1.79 bits per heavy atom. The lowest BCUT2D eigenvalue weighted by Crippen LogP contribution is -2.07. The third kappa shape index (κ3) is 3.67. The number of anilines is 3. The molecule has 4 aromatic rings. The molecule has 0 unspecified atom stereocenters. The van der Waals surface area contributed by atoms with Crippen molar-refractivity contribution in [1.82, 2.24) is 15.0 Å². The molecule has 2 heterocycles. The zero-order chi connectivity index (χ0) is 19.5. The molecular formula is C22H22FN5. The van der Waals surface area contributed by atoms with Gasteiger partial charge in [0.2, 0.25) is 0 Å². The molecule has 5 nitrogen and oxygen atoms in total. The zero-order valence-corrected chi connectivity index (χ0v) is 15.9. The average molecular weight is 375 g/mol. The summed E-state index contributed by atoms with van der Waals surface area (Å²) >= 11 is 0. The summed E-state index contributed by atoms with van der Waals surface area (Å²) in [4.78, 5) is 11.7. The van der Waals surface area contributed by atoms with Gasteiger partial charge in [0.05, 0.1) is 5.52 Å². The lowest BCUT2D eigenvalue weighted by molar-refractivity contribution is 0.637. The molecule has 6 heteroatoms. The summed E-state index contributed by atoms with van der Waals surface area (Å²) in [5, 5.41) is 7.57. The molecule has 0 amide bonds. The molecule has 0 radical (unpaired) electrons. The number of halogens is 1. The van der Waals surface area contributed by atoms with E-state index in [9.17, 15) is 4.39 Å². The van der Waals surface area contributed by atoms with E-state index in [2.05, 4.69) is 25.6 Å². The number of benzene rings is 2. The number of H-pyrrole nitrogens is 1. The molecular weight excluding hydrogens is 353 g/mol. The quantitative estimate of drug-likeness (QED) is 0.438. The molecule has 0 bridgehead atoms. The second-order valence-corrected chi connectivity index (χ2v) is 6.80. The van der Waals surface area contributed by atoms with Gasteiger partial charge in [-0.15, -0.1) is 0 Å². The summed E-state index contributed by atoms with van der Waals surface area (Å²) in [5.74, 6) is 1.26. The third-order valence-electron chi connectivity index (χ3n) is 4.82. The Balaban J connectivity index is 1.46. The van der Waals surface area contributed by atoms with Crippen LogP contribution in [0.2, 0.25) is 0 Å². The topological polar surface area (TPSA) is 65.6 Å². The molecule has 3 N–H and O–H groups in total. The van der Waals surface area contributed by atoms with Gasteiger partial charge in [-0.2, -0.15) is 0 Å². The van der Waals surface area contributed by atoms with Crippen molar-refractivity contribution in [2.75, 3.05) is 17.2 Å². The van der Waals surface area contributed by atoms with Gasteiger partial charge in [0.25, 0.3) is 0 Å². The number of rotatable bonds is 6. The van der Waals surface area contributed by atoms with Crippen LogP contribution in [0.1, 0.15) is 16.8 Å². The smallest absolute Gasteiger partial charge is 0.147 e. The van der Waals surface area contributed by atoms with Crippen molar-refractivity contribution in [2.45, 2.75) is 20.3 Å². The molecule has 4 rings (SSSR count). The summed E-state index contributed by atoms with van der Waals surface area (Å²) < 4.78 is 14.1. The van der Waals surface area contributed by atoms with Crippen LogP contribution < -0.4 is 10.6 Å². The van der Waals surface area contributed by atoms with Gasteiger partial charge in [-0.25, -0.2) is 14.4 Å². The largest absolute Gasteiger partial charge is 0.370 e. The maximum atomic E-state index is 14.1. The van der Waals surface area contributed by atoms with Crippen molar-refractivity contribution in [2.24, 2.45) is 0 Å². The standard InChI is InChI=1S/C22H22FN5/c1-14-8-9-18(23)22-21(14)17(15(2)27-22)10-11-24-19-12-20(26-13-25-19)28-16-6-4-3-5-7-16/h3-9,12-13,27H,10-11H2,1-2H3,(H2,24,25,26,28). The number of aromatic amines is 1. The van der Waals surface area contributed by atoms with Crippen molar-refractivity contribution in [3.63, 3.8) is 0 Å². The molecule has 0 aliphatic carbocycles. The predicted octanol–water partition coefficient (Wildman–Crippen LogP) is 5.11. The summed E-state index contributed by atoms with van der Waals surface area (Å²) in [6, 6.07) is 15.1. The third-order valence-corrected chi connectivity index (χ3v) is 4.82. The van der Waals surface area contributed by atoms with Crippen LogP contribution in [0.4, 0.5) is 21.7 Å². The van der Waals surface area contributed by atoms with Crippen LogP contribution in [-0.2, 0) is 6.42 Å². The maximum absolute atomic E-state index is 14.1. The first-order valence-corrected chi connectivity index (χ1v) is 9.26. The number of para-hydroxylation sites is 1. The molecule has 0 saturated carbocycles. The van der Waals surface area contributed by atoms with Crippen LogP contribution in [0.5, 0.6) is 0 Å². The second kappa shape index (κ2) is 7.68. The Hall–Kier alpha value is -3.41. The highest BCUT2D eigenvalue weighted by atomic mass is 19.1. The summed E-state index contributed by atoms with van der Waals surface area (Å²) in [7, 11) is 0. The van der Waals surface area contributed by atoms with E-state index in [0.29, 0.717) is 12.1 Å². The number of aryl methyl sites for hydroxylation is 2. The van der Waals surface area contributed by atoms with Gasteiger partial charge < -0.3 is 15.6 Å². The van der Waals surface area contributed by atoms with E-state index in [4.69, 9.17) is 0 Å². The highest BCUT2D eigenvalue weighted by Crippen LogP contribution is 2.28. The average Bonchev–Trinajstić information content (AvgIpc) is 3.04. The van der Waals surface area contributed by atoms with E-state index in [1.54, 1.807) is 0 Å². The Kier molecular flexibility index (Phi) is 4.93. The maximum Gasteiger partial charge on any atom is 0.147 e.